The number of nitrogens with zero attached hydrogens (tertiary/aromatic N) is 2. The van der Waals surface area contributed by atoms with Crippen molar-refractivity contribution < 1.29 is 9.26 Å². The van der Waals surface area contributed by atoms with E-state index >= 15 is 0 Å². The van der Waals surface area contributed by atoms with Gasteiger partial charge in [-0.2, -0.15) is 0 Å². The number of benzene rings is 1. The number of pyridine rings is 1. The first-order valence-corrected chi connectivity index (χ1v) is 10.3. The Morgan fingerprint density at radius 1 is 1.17 bits per heavy atom. The van der Waals surface area contributed by atoms with Crippen LogP contribution in [0.5, 0.6) is 0 Å². The number of aromatic nitrogens is 2. The minimum Gasteiger partial charge on any atom is -0.366 e. The highest BCUT2D eigenvalue weighted by Crippen LogP contribution is 2.37. The zero-order valence-electron chi connectivity index (χ0n) is 17.2. The molecule has 2 aromatic heterocycles. The predicted molar refractivity (Wildman–Crippen MR) is 115 cm³/mol. The topological polar surface area (TPSA) is 60.2 Å². The van der Waals surface area contributed by atoms with Crippen molar-refractivity contribution in [2.24, 2.45) is 0 Å². The molecule has 1 aliphatic rings. The first-order valence-electron chi connectivity index (χ1n) is 9.46. The van der Waals surface area contributed by atoms with Crippen molar-refractivity contribution in [2.75, 3.05) is 4.72 Å². The average molecular weight is 406 g/mol. The van der Waals surface area contributed by atoms with E-state index in [1.54, 1.807) is 6.20 Å². The molecule has 1 N–H and O–H groups in total. The Labute approximate surface area is 175 Å². The highest BCUT2D eigenvalue weighted by molar-refractivity contribution is 8.00. The van der Waals surface area contributed by atoms with Crippen molar-refractivity contribution >= 4 is 17.8 Å². The molecule has 0 fully saturated rings. The van der Waals surface area contributed by atoms with Crippen LogP contribution in [0.1, 0.15) is 53.1 Å². The van der Waals surface area contributed by atoms with E-state index in [-0.39, 0.29) is 5.60 Å². The van der Waals surface area contributed by atoms with Crippen LogP contribution in [0.15, 0.2) is 39.9 Å². The van der Waals surface area contributed by atoms with Gasteiger partial charge < -0.3 is 14.0 Å². The highest BCUT2D eigenvalue weighted by Gasteiger charge is 2.31. The molecule has 0 saturated heterocycles. The second kappa shape index (κ2) is 7.58. The van der Waals surface area contributed by atoms with Crippen LogP contribution in [-0.2, 0) is 16.9 Å². The number of hydrogen-bond acceptors (Lipinski definition) is 6. The molecule has 3 aromatic rings. The van der Waals surface area contributed by atoms with Crippen molar-refractivity contribution in [3.63, 3.8) is 0 Å². The van der Waals surface area contributed by atoms with E-state index in [1.807, 2.05) is 26.0 Å². The normalized spacial score (nSPS) is 14.2. The molecule has 0 saturated carbocycles. The molecular formula is C23H23N3O2S. The van der Waals surface area contributed by atoms with E-state index in [2.05, 4.69) is 59.6 Å². The molecule has 1 aromatic carbocycles. The molecule has 0 unspecified atom stereocenters. The first kappa shape index (κ1) is 19.6. The van der Waals surface area contributed by atoms with Gasteiger partial charge in [-0.1, -0.05) is 17.1 Å². The van der Waals surface area contributed by atoms with Crippen LogP contribution in [-0.4, -0.2) is 10.1 Å². The van der Waals surface area contributed by atoms with Gasteiger partial charge >= 0.3 is 0 Å². The Hall–Kier alpha value is -2.75. The monoisotopic (exact) mass is 405 g/mol. The lowest BCUT2D eigenvalue weighted by Gasteiger charge is -2.18. The minimum absolute atomic E-state index is 0.275. The van der Waals surface area contributed by atoms with Gasteiger partial charge in [0.1, 0.15) is 11.5 Å². The lowest BCUT2D eigenvalue weighted by molar-refractivity contribution is -0.00790. The number of aryl methyl sites for hydroxylation is 2. The lowest BCUT2D eigenvalue weighted by Crippen LogP contribution is -2.14. The first-order chi connectivity index (χ1) is 13.8. The molecule has 1 aliphatic heterocycles. The number of ether oxygens (including phenoxy) is 1. The third-order valence-corrected chi connectivity index (χ3v) is 6.03. The molecule has 0 aliphatic carbocycles. The molecular weight excluding hydrogens is 382 g/mol. The fraction of sp³-hybridized carbons (Fsp3) is 0.304. The summed E-state index contributed by atoms with van der Waals surface area (Å²) in [6.45, 7) is 10.8. The van der Waals surface area contributed by atoms with Crippen molar-refractivity contribution in [3.8, 4) is 11.8 Å². The number of rotatable bonds is 3. The van der Waals surface area contributed by atoms with Crippen LogP contribution < -0.4 is 4.72 Å². The van der Waals surface area contributed by atoms with Crippen molar-refractivity contribution in [3.05, 3.63) is 69.7 Å². The number of anilines is 1. The van der Waals surface area contributed by atoms with Crippen molar-refractivity contribution in [1.82, 2.24) is 10.1 Å². The smallest absolute Gasteiger partial charge is 0.182 e. The van der Waals surface area contributed by atoms with Crippen molar-refractivity contribution in [2.45, 2.75) is 51.7 Å². The zero-order valence-corrected chi connectivity index (χ0v) is 18.0. The predicted octanol–water partition coefficient (Wildman–Crippen LogP) is 5.28. The maximum absolute atomic E-state index is 5.90. The van der Waals surface area contributed by atoms with E-state index in [9.17, 15) is 0 Å². The maximum atomic E-state index is 5.90. The van der Waals surface area contributed by atoms with Crippen LogP contribution in [0.25, 0.3) is 0 Å². The van der Waals surface area contributed by atoms with Crippen LogP contribution in [0.2, 0.25) is 0 Å². The van der Waals surface area contributed by atoms with Crippen LogP contribution in [0.3, 0.4) is 0 Å². The number of fused-ring (bicyclic) bond motifs is 1. The second-order valence-electron chi connectivity index (χ2n) is 7.64. The molecule has 3 heterocycles. The zero-order chi connectivity index (χ0) is 20.6. The van der Waals surface area contributed by atoms with Crippen LogP contribution in [0, 0.1) is 32.6 Å². The van der Waals surface area contributed by atoms with E-state index in [1.165, 1.54) is 23.1 Å². The Morgan fingerprint density at radius 2 is 2.00 bits per heavy atom. The van der Waals surface area contributed by atoms with Gasteiger partial charge in [-0.3, -0.25) is 0 Å². The summed E-state index contributed by atoms with van der Waals surface area (Å²) in [5, 5.41) is 4.04. The number of nitrogens with one attached hydrogen (secondary N) is 1. The summed E-state index contributed by atoms with van der Waals surface area (Å²) in [5.74, 6) is 8.06. The van der Waals surface area contributed by atoms with Crippen molar-refractivity contribution in [1.29, 1.82) is 0 Å². The van der Waals surface area contributed by atoms with E-state index in [0.29, 0.717) is 12.4 Å². The summed E-state index contributed by atoms with van der Waals surface area (Å²) in [6, 6.07) is 8.22. The largest absolute Gasteiger partial charge is 0.366 e. The molecule has 148 valence electrons. The Bertz CT molecular complexity index is 1140. The Morgan fingerprint density at radius 3 is 2.76 bits per heavy atom. The summed E-state index contributed by atoms with van der Waals surface area (Å²) in [6.07, 6.45) is 1.76. The molecule has 0 bridgehead atoms. The maximum Gasteiger partial charge on any atom is 0.182 e. The average Bonchev–Trinajstić information content (AvgIpc) is 3.17. The fourth-order valence-electron chi connectivity index (χ4n) is 3.23. The van der Waals surface area contributed by atoms with E-state index < -0.39 is 0 Å². The highest BCUT2D eigenvalue weighted by atomic mass is 32.2. The third-order valence-electron chi connectivity index (χ3n) is 5.19. The molecule has 4 rings (SSSR count). The third kappa shape index (κ3) is 3.89. The summed E-state index contributed by atoms with van der Waals surface area (Å²) in [4.78, 5) is 5.39. The molecule has 5 nitrogen and oxygen atoms in total. The van der Waals surface area contributed by atoms with Gasteiger partial charge in [-0.15, -0.1) is 0 Å². The minimum atomic E-state index is -0.275. The Kier molecular flexibility index (Phi) is 5.12. The lowest BCUT2D eigenvalue weighted by atomic mass is 9.92. The molecule has 0 spiro atoms. The standard InChI is InChI=1S/C23H23N3O2S/c1-14-11-18-13-27-23(4,5)19(18)12-17(14)8-9-20-21(7-6-10-24-20)29-26-22-15(2)16(3)28-25-22/h6-7,10-12H,13H2,1-5H3,(H,25,26). The van der Waals surface area contributed by atoms with Gasteiger partial charge in [-0.25, -0.2) is 4.98 Å². The molecule has 0 amide bonds. The summed E-state index contributed by atoms with van der Waals surface area (Å²) < 4.78 is 14.3. The molecule has 0 atom stereocenters. The summed E-state index contributed by atoms with van der Waals surface area (Å²) >= 11 is 1.43. The van der Waals surface area contributed by atoms with E-state index in [4.69, 9.17) is 9.26 Å². The molecule has 0 radical (unpaired) electrons. The SMILES string of the molecule is Cc1cc2c(cc1C#Cc1ncccc1SNc1noc(C)c1C)C(C)(C)OC2. The quantitative estimate of drug-likeness (QED) is 0.473. The van der Waals surface area contributed by atoms with E-state index in [0.717, 1.165) is 33.0 Å². The number of hydrogen-bond donors (Lipinski definition) is 1. The fourth-order valence-corrected chi connectivity index (χ4v) is 3.97. The Balaban J connectivity index is 1.61. The van der Waals surface area contributed by atoms with Gasteiger partial charge in [0.25, 0.3) is 0 Å². The van der Waals surface area contributed by atoms with Crippen LogP contribution >= 0.6 is 11.9 Å². The van der Waals surface area contributed by atoms with Gasteiger partial charge in [0, 0.05) is 17.3 Å². The molecule has 6 heteroatoms. The summed E-state index contributed by atoms with van der Waals surface area (Å²) in [5.41, 5.74) is 6.04. The van der Waals surface area contributed by atoms with Gasteiger partial charge in [0.15, 0.2) is 5.82 Å². The van der Waals surface area contributed by atoms with Gasteiger partial charge in [0.2, 0.25) is 0 Å². The second-order valence-corrected chi connectivity index (χ2v) is 8.49. The van der Waals surface area contributed by atoms with Gasteiger partial charge in [-0.05, 0) is 87.4 Å². The molecule has 29 heavy (non-hydrogen) atoms. The van der Waals surface area contributed by atoms with Gasteiger partial charge in [0.05, 0.1) is 17.1 Å². The van der Waals surface area contributed by atoms with Crippen LogP contribution in [0.4, 0.5) is 5.82 Å². The summed E-state index contributed by atoms with van der Waals surface area (Å²) in [7, 11) is 0.